The van der Waals surface area contributed by atoms with Gasteiger partial charge in [0.05, 0.1) is 0 Å². The van der Waals surface area contributed by atoms with Gasteiger partial charge in [0.25, 0.3) is 0 Å². The first-order chi connectivity index (χ1) is 9.99. The number of carboxylic acids is 1. The van der Waals surface area contributed by atoms with Gasteiger partial charge in [-0.2, -0.15) is 0 Å². The van der Waals surface area contributed by atoms with Gasteiger partial charge in [-0.1, -0.05) is 11.8 Å². The lowest BCUT2D eigenvalue weighted by molar-refractivity contribution is -0.142. The number of nitrogens with two attached hydrogens (primary N) is 1. The second-order valence-corrected chi connectivity index (χ2v) is 7.45. The summed E-state index contributed by atoms with van der Waals surface area (Å²) in [5.74, 6) is 1.67. The number of aromatic nitrogens is 3. The van der Waals surface area contributed by atoms with E-state index in [0.717, 1.165) is 23.2 Å². The molecule has 2 aliphatic rings. The molecule has 1 aromatic rings. The number of hydrogen-bond donors (Lipinski definition) is 2. The molecule has 1 heterocycles. The lowest BCUT2D eigenvalue weighted by Crippen LogP contribution is -2.44. The number of hydrogen-bond acceptors (Lipinski definition) is 5. The summed E-state index contributed by atoms with van der Waals surface area (Å²) in [5.41, 5.74) is 4.60. The molecule has 1 unspecified atom stereocenters. The van der Waals surface area contributed by atoms with E-state index in [1.807, 2.05) is 0 Å². The lowest BCUT2D eigenvalue weighted by Gasteiger charge is -2.18. The molecule has 0 aromatic carbocycles. The van der Waals surface area contributed by atoms with E-state index in [1.54, 1.807) is 18.7 Å². The van der Waals surface area contributed by atoms with Gasteiger partial charge in [0, 0.05) is 17.7 Å². The molecule has 0 aliphatic heterocycles. The zero-order valence-electron chi connectivity index (χ0n) is 12.3. The number of aliphatic carboxylic acids is 1. The smallest absolute Gasteiger partial charge is 0.323 e. The van der Waals surface area contributed by atoms with Crippen molar-refractivity contribution < 1.29 is 9.90 Å². The Morgan fingerprint density at radius 2 is 2.14 bits per heavy atom. The minimum Gasteiger partial charge on any atom is -0.480 e. The third-order valence-electron chi connectivity index (χ3n) is 4.11. The molecule has 0 spiro atoms. The van der Waals surface area contributed by atoms with E-state index in [4.69, 9.17) is 10.8 Å². The Kier molecular flexibility index (Phi) is 3.96. The van der Waals surface area contributed by atoms with Gasteiger partial charge in [0.2, 0.25) is 0 Å². The maximum absolute atomic E-state index is 11.0. The van der Waals surface area contributed by atoms with Crippen LogP contribution in [-0.2, 0) is 4.79 Å². The monoisotopic (exact) mass is 310 g/mol. The van der Waals surface area contributed by atoms with Crippen molar-refractivity contribution in [1.82, 2.24) is 14.8 Å². The molecule has 3 N–H and O–H groups in total. The molecule has 7 heteroatoms. The number of thioether (sulfide) groups is 1. The summed E-state index contributed by atoms with van der Waals surface area (Å²) in [5, 5.41) is 18.7. The first-order valence-corrected chi connectivity index (χ1v) is 8.57. The fourth-order valence-electron chi connectivity index (χ4n) is 2.39. The van der Waals surface area contributed by atoms with Crippen molar-refractivity contribution in [3.8, 4) is 0 Å². The molecular weight excluding hydrogens is 288 g/mol. The van der Waals surface area contributed by atoms with Gasteiger partial charge < -0.3 is 15.4 Å². The van der Waals surface area contributed by atoms with Crippen LogP contribution >= 0.6 is 11.8 Å². The van der Waals surface area contributed by atoms with Gasteiger partial charge in [0.15, 0.2) is 5.16 Å². The van der Waals surface area contributed by atoms with E-state index in [2.05, 4.69) is 14.8 Å². The van der Waals surface area contributed by atoms with Crippen molar-refractivity contribution in [2.75, 3.05) is 5.75 Å². The number of rotatable bonds is 8. The summed E-state index contributed by atoms with van der Waals surface area (Å²) >= 11 is 1.67. The average Bonchev–Trinajstić information content (AvgIpc) is 3.33. The first-order valence-electron chi connectivity index (χ1n) is 7.59. The van der Waals surface area contributed by atoms with Crippen molar-refractivity contribution in [3.05, 3.63) is 5.82 Å². The van der Waals surface area contributed by atoms with Gasteiger partial charge in [-0.25, -0.2) is 0 Å². The molecule has 0 saturated heterocycles. The van der Waals surface area contributed by atoms with Gasteiger partial charge in [-0.3, -0.25) is 4.79 Å². The van der Waals surface area contributed by atoms with E-state index in [0.29, 0.717) is 18.4 Å². The molecule has 1 atom stereocenters. The Morgan fingerprint density at radius 1 is 1.43 bits per heavy atom. The summed E-state index contributed by atoms with van der Waals surface area (Å²) in [4.78, 5) is 11.0. The first kappa shape index (κ1) is 14.8. The number of nitrogens with zero attached hydrogens (tertiary/aromatic N) is 3. The van der Waals surface area contributed by atoms with Crippen LogP contribution in [0.25, 0.3) is 0 Å². The lowest BCUT2D eigenvalue weighted by atomic mass is 9.98. The zero-order valence-corrected chi connectivity index (χ0v) is 13.1. The summed E-state index contributed by atoms with van der Waals surface area (Å²) in [6.45, 7) is 1.57. The second-order valence-electron chi connectivity index (χ2n) is 6.39. The summed E-state index contributed by atoms with van der Waals surface area (Å²) in [6, 6.07) is 0.594. The van der Waals surface area contributed by atoms with Gasteiger partial charge in [-0.05, 0) is 45.4 Å². The van der Waals surface area contributed by atoms with E-state index >= 15 is 0 Å². The molecular formula is C14H22N4O2S. The SMILES string of the molecule is CC(N)(CCCSc1nnc(C2CC2)n1C1CC1)C(=O)O. The largest absolute Gasteiger partial charge is 0.480 e. The molecule has 0 amide bonds. The van der Waals surface area contributed by atoms with Crippen LogP contribution in [-0.4, -0.2) is 37.1 Å². The number of carboxylic acid groups (broad SMARTS) is 1. The van der Waals surface area contributed by atoms with Crippen LogP contribution in [0.2, 0.25) is 0 Å². The van der Waals surface area contributed by atoms with Crippen LogP contribution in [0.3, 0.4) is 0 Å². The summed E-state index contributed by atoms with van der Waals surface area (Å²) in [6.07, 6.45) is 6.17. The van der Waals surface area contributed by atoms with Crippen molar-refractivity contribution in [1.29, 1.82) is 0 Å². The Bertz CT molecular complexity index is 535. The quantitative estimate of drug-likeness (QED) is 0.564. The predicted octanol–water partition coefficient (Wildman–Crippen LogP) is 2.16. The Balaban J connectivity index is 1.55. The van der Waals surface area contributed by atoms with E-state index in [9.17, 15) is 4.79 Å². The van der Waals surface area contributed by atoms with Crippen LogP contribution in [0, 0.1) is 0 Å². The van der Waals surface area contributed by atoms with Crippen molar-refractivity contribution in [2.24, 2.45) is 5.73 Å². The standard InChI is InChI=1S/C14H22N4O2S/c1-14(15,12(19)20)7-2-8-21-13-17-16-11(9-3-4-9)18(13)10-5-6-10/h9-10H,2-8,15H2,1H3,(H,19,20). The molecule has 2 saturated carbocycles. The highest BCUT2D eigenvalue weighted by Gasteiger charge is 2.36. The third-order valence-corrected chi connectivity index (χ3v) is 5.13. The van der Waals surface area contributed by atoms with Gasteiger partial charge in [-0.15, -0.1) is 10.2 Å². The van der Waals surface area contributed by atoms with Gasteiger partial charge in [0.1, 0.15) is 11.4 Å². The third kappa shape index (κ3) is 3.40. The highest BCUT2D eigenvalue weighted by atomic mass is 32.2. The molecule has 1 aromatic heterocycles. The normalized spacial score (nSPS) is 21.2. The Hall–Kier alpha value is -1.08. The van der Waals surface area contributed by atoms with Crippen LogP contribution < -0.4 is 5.73 Å². The van der Waals surface area contributed by atoms with E-state index in [-0.39, 0.29) is 0 Å². The second kappa shape index (κ2) is 5.61. The predicted molar refractivity (Wildman–Crippen MR) is 80.5 cm³/mol. The van der Waals surface area contributed by atoms with Crippen LogP contribution in [0.5, 0.6) is 0 Å². The molecule has 0 radical (unpaired) electrons. The minimum absolute atomic E-state index is 0.475. The molecule has 2 aliphatic carbocycles. The molecule has 21 heavy (non-hydrogen) atoms. The molecule has 0 bridgehead atoms. The fourth-order valence-corrected chi connectivity index (χ4v) is 3.34. The van der Waals surface area contributed by atoms with Gasteiger partial charge >= 0.3 is 5.97 Å². The fraction of sp³-hybridized carbons (Fsp3) is 0.786. The van der Waals surface area contributed by atoms with Crippen LogP contribution in [0.4, 0.5) is 0 Å². The highest BCUT2D eigenvalue weighted by Crippen LogP contribution is 2.46. The maximum Gasteiger partial charge on any atom is 0.323 e. The summed E-state index contributed by atoms with van der Waals surface area (Å²) < 4.78 is 2.32. The minimum atomic E-state index is -1.14. The number of carbonyl (C=O) groups is 1. The van der Waals surface area contributed by atoms with Crippen LogP contribution in [0.15, 0.2) is 5.16 Å². The molecule has 6 nitrogen and oxygen atoms in total. The Morgan fingerprint density at radius 3 is 2.71 bits per heavy atom. The molecule has 2 fully saturated rings. The summed E-state index contributed by atoms with van der Waals surface area (Å²) in [7, 11) is 0. The maximum atomic E-state index is 11.0. The van der Waals surface area contributed by atoms with Crippen LogP contribution in [0.1, 0.15) is 63.2 Å². The average molecular weight is 310 g/mol. The topological polar surface area (TPSA) is 94.0 Å². The Labute approximate surface area is 128 Å². The van der Waals surface area contributed by atoms with Crippen molar-refractivity contribution in [3.63, 3.8) is 0 Å². The van der Waals surface area contributed by atoms with E-state index < -0.39 is 11.5 Å². The molecule has 116 valence electrons. The van der Waals surface area contributed by atoms with Crippen molar-refractivity contribution in [2.45, 2.75) is 68.1 Å². The van der Waals surface area contributed by atoms with Crippen molar-refractivity contribution >= 4 is 17.7 Å². The van der Waals surface area contributed by atoms with E-state index in [1.165, 1.54) is 25.7 Å². The zero-order chi connectivity index (χ0) is 15.0. The highest BCUT2D eigenvalue weighted by molar-refractivity contribution is 7.99. The molecule has 3 rings (SSSR count).